The van der Waals surface area contributed by atoms with E-state index in [0.29, 0.717) is 28.3 Å². The molecule has 3 N–H and O–H groups in total. The predicted octanol–water partition coefficient (Wildman–Crippen LogP) is 3.94. The van der Waals surface area contributed by atoms with Crippen LogP contribution < -0.4 is 20.5 Å². The Balaban J connectivity index is 1.33. The molecule has 164 valence electrons. The van der Waals surface area contributed by atoms with E-state index in [1.54, 1.807) is 6.20 Å². The van der Waals surface area contributed by atoms with Gasteiger partial charge in [0.1, 0.15) is 22.7 Å². The zero-order valence-corrected chi connectivity index (χ0v) is 18.3. The number of imidazole rings is 1. The van der Waals surface area contributed by atoms with E-state index in [9.17, 15) is 4.79 Å². The van der Waals surface area contributed by atoms with Gasteiger partial charge in [0.25, 0.3) is 6.01 Å². The van der Waals surface area contributed by atoms with Crippen molar-refractivity contribution in [2.24, 2.45) is 18.7 Å². The molecule has 0 radical (unpaired) electrons. The number of halogens is 1. The Morgan fingerprint density at radius 1 is 1.27 bits per heavy atom. The fourth-order valence-electron chi connectivity index (χ4n) is 4.15. The van der Waals surface area contributed by atoms with Gasteiger partial charge in [-0.15, -0.1) is 0 Å². The second-order valence-electron chi connectivity index (χ2n) is 8.63. The van der Waals surface area contributed by atoms with Gasteiger partial charge in [-0.3, -0.25) is 4.57 Å². The number of pyridine rings is 1. The van der Waals surface area contributed by atoms with Crippen molar-refractivity contribution in [1.29, 1.82) is 0 Å². The summed E-state index contributed by atoms with van der Waals surface area (Å²) in [5, 5.41) is 3.24. The molecule has 0 saturated heterocycles. The number of aryl methyl sites for hydroxylation is 1. The van der Waals surface area contributed by atoms with E-state index in [4.69, 9.17) is 26.8 Å². The number of nitrogens with one attached hydrogen (secondary N) is 1. The van der Waals surface area contributed by atoms with E-state index in [0.717, 1.165) is 56.9 Å². The van der Waals surface area contributed by atoms with Crippen molar-refractivity contribution in [3.63, 3.8) is 0 Å². The van der Waals surface area contributed by atoms with Crippen LogP contribution in [0.2, 0.25) is 5.02 Å². The summed E-state index contributed by atoms with van der Waals surface area (Å²) in [6.45, 7) is 1.99. The van der Waals surface area contributed by atoms with Crippen LogP contribution in [0.3, 0.4) is 0 Å². The standard InChI is InChI=1S/C21H30ClN5O3/c1-12(25-20(23)28)3-4-13-5-7-15(8-6-13)30-21-26-16-11-24-19(29-14-9-10-14)17(22)18(16)27(21)2/h11-15H,3-10H2,1-2H3,(H3,23,25,28)/t12-,13-,15-/m0/s1. The minimum atomic E-state index is -0.455. The summed E-state index contributed by atoms with van der Waals surface area (Å²) in [5.41, 5.74) is 6.69. The van der Waals surface area contributed by atoms with E-state index >= 15 is 0 Å². The zero-order chi connectivity index (χ0) is 21.3. The lowest BCUT2D eigenvalue weighted by Crippen LogP contribution is -2.37. The number of carbonyl (C=O) groups is 1. The average Bonchev–Trinajstić information content (AvgIpc) is 3.46. The minimum absolute atomic E-state index is 0.114. The first-order valence-electron chi connectivity index (χ1n) is 10.8. The maximum absolute atomic E-state index is 10.9. The highest BCUT2D eigenvalue weighted by Crippen LogP contribution is 2.37. The number of hydrogen-bond acceptors (Lipinski definition) is 5. The van der Waals surface area contributed by atoms with E-state index < -0.39 is 6.03 Å². The van der Waals surface area contributed by atoms with Crippen molar-refractivity contribution in [2.75, 3.05) is 0 Å². The molecule has 2 amide bonds. The number of nitrogens with two attached hydrogens (primary N) is 1. The van der Waals surface area contributed by atoms with Crippen LogP contribution in [0.4, 0.5) is 4.79 Å². The molecule has 2 aliphatic rings. The first-order chi connectivity index (χ1) is 14.4. The van der Waals surface area contributed by atoms with Crippen LogP contribution in [0.1, 0.15) is 58.3 Å². The molecule has 2 aromatic rings. The number of ether oxygens (including phenoxy) is 2. The fourth-order valence-corrected chi connectivity index (χ4v) is 4.46. The summed E-state index contributed by atoms with van der Waals surface area (Å²) >= 11 is 6.55. The number of hydrogen-bond donors (Lipinski definition) is 2. The lowest BCUT2D eigenvalue weighted by molar-refractivity contribution is 0.114. The molecule has 30 heavy (non-hydrogen) atoms. The van der Waals surface area contributed by atoms with E-state index in [1.807, 2.05) is 18.5 Å². The van der Waals surface area contributed by atoms with Crippen molar-refractivity contribution in [3.8, 4) is 11.9 Å². The number of fused-ring (bicyclic) bond motifs is 1. The molecule has 0 aromatic carbocycles. The Labute approximate surface area is 181 Å². The highest BCUT2D eigenvalue weighted by atomic mass is 35.5. The SMILES string of the molecule is C[C@@H](CC[C@H]1CC[C@H](Oc2nc3cnc(OC4CC4)c(Cl)c3n2C)CC1)NC(N)=O. The summed E-state index contributed by atoms with van der Waals surface area (Å²) in [5.74, 6) is 1.13. The molecule has 4 rings (SSSR count). The topological polar surface area (TPSA) is 104 Å². The van der Waals surface area contributed by atoms with Crippen LogP contribution in [-0.2, 0) is 7.05 Å². The maximum atomic E-state index is 10.9. The molecule has 2 heterocycles. The molecular formula is C21H30ClN5O3. The monoisotopic (exact) mass is 435 g/mol. The number of urea groups is 1. The summed E-state index contributed by atoms with van der Waals surface area (Å²) in [6, 6.07) is 0.229. The highest BCUT2D eigenvalue weighted by Gasteiger charge is 2.28. The largest absolute Gasteiger partial charge is 0.473 e. The van der Waals surface area contributed by atoms with Crippen LogP contribution in [0.15, 0.2) is 6.20 Å². The smallest absolute Gasteiger partial charge is 0.312 e. The Morgan fingerprint density at radius 2 is 1.93 bits per heavy atom. The third kappa shape index (κ3) is 4.91. The quantitative estimate of drug-likeness (QED) is 0.653. The molecule has 0 bridgehead atoms. The number of amides is 2. The molecule has 2 aliphatic carbocycles. The van der Waals surface area contributed by atoms with Gasteiger partial charge in [0.2, 0.25) is 5.88 Å². The zero-order valence-electron chi connectivity index (χ0n) is 17.6. The van der Waals surface area contributed by atoms with Gasteiger partial charge in [-0.1, -0.05) is 11.6 Å². The molecule has 2 saturated carbocycles. The summed E-state index contributed by atoms with van der Waals surface area (Å²) in [4.78, 5) is 19.9. The number of nitrogens with zero attached hydrogens (tertiary/aromatic N) is 3. The Kier molecular flexibility index (Phi) is 6.22. The van der Waals surface area contributed by atoms with E-state index in [1.165, 1.54) is 0 Å². The molecule has 0 unspecified atom stereocenters. The van der Waals surface area contributed by atoms with E-state index in [-0.39, 0.29) is 18.2 Å². The molecule has 0 aliphatic heterocycles. The van der Waals surface area contributed by atoms with Crippen molar-refractivity contribution in [1.82, 2.24) is 19.9 Å². The number of aromatic nitrogens is 3. The second-order valence-corrected chi connectivity index (χ2v) is 9.01. The summed E-state index contributed by atoms with van der Waals surface area (Å²) < 4.78 is 13.9. The van der Waals surface area contributed by atoms with Gasteiger partial charge < -0.3 is 20.5 Å². The van der Waals surface area contributed by atoms with Crippen LogP contribution in [-0.4, -0.2) is 38.8 Å². The number of rotatable bonds is 8. The lowest BCUT2D eigenvalue weighted by Gasteiger charge is -2.29. The van der Waals surface area contributed by atoms with Gasteiger partial charge in [-0.2, -0.15) is 4.98 Å². The normalized spacial score (nSPS) is 22.6. The predicted molar refractivity (Wildman–Crippen MR) is 115 cm³/mol. The van der Waals surface area contributed by atoms with Crippen LogP contribution in [0.25, 0.3) is 11.0 Å². The van der Waals surface area contributed by atoms with Crippen LogP contribution >= 0.6 is 11.6 Å². The van der Waals surface area contributed by atoms with Gasteiger partial charge in [0.05, 0.1) is 11.7 Å². The van der Waals surface area contributed by atoms with Crippen molar-refractivity contribution in [3.05, 3.63) is 11.2 Å². The molecular weight excluding hydrogens is 406 g/mol. The van der Waals surface area contributed by atoms with Crippen molar-refractivity contribution >= 4 is 28.7 Å². The maximum Gasteiger partial charge on any atom is 0.312 e. The average molecular weight is 436 g/mol. The number of primary amides is 1. The van der Waals surface area contributed by atoms with Gasteiger partial charge in [0, 0.05) is 13.1 Å². The van der Waals surface area contributed by atoms with Gasteiger partial charge in [-0.25, -0.2) is 9.78 Å². The Bertz CT molecular complexity index is 906. The van der Waals surface area contributed by atoms with Gasteiger partial charge in [-0.05, 0) is 64.2 Å². The molecule has 9 heteroatoms. The molecule has 1 atom stereocenters. The fraction of sp³-hybridized carbons (Fsp3) is 0.667. The molecule has 2 aromatic heterocycles. The van der Waals surface area contributed by atoms with Gasteiger partial charge >= 0.3 is 6.03 Å². The van der Waals surface area contributed by atoms with Gasteiger partial charge in [0.15, 0.2) is 0 Å². The Morgan fingerprint density at radius 3 is 2.60 bits per heavy atom. The molecule has 2 fully saturated rings. The van der Waals surface area contributed by atoms with E-state index in [2.05, 4.69) is 15.3 Å². The van der Waals surface area contributed by atoms with Crippen LogP contribution in [0, 0.1) is 5.92 Å². The van der Waals surface area contributed by atoms with Crippen LogP contribution in [0.5, 0.6) is 11.9 Å². The minimum Gasteiger partial charge on any atom is -0.473 e. The molecule has 8 nitrogen and oxygen atoms in total. The third-order valence-corrected chi connectivity index (χ3v) is 6.39. The summed E-state index contributed by atoms with van der Waals surface area (Å²) in [6.07, 6.45) is 10.4. The van der Waals surface area contributed by atoms with Crippen molar-refractivity contribution < 1.29 is 14.3 Å². The first kappa shape index (κ1) is 21.0. The lowest BCUT2D eigenvalue weighted by atomic mass is 9.84. The summed E-state index contributed by atoms with van der Waals surface area (Å²) in [7, 11) is 1.91. The second kappa shape index (κ2) is 8.88. The number of carbonyl (C=O) groups excluding carboxylic acids is 1. The highest BCUT2D eigenvalue weighted by molar-refractivity contribution is 6.36. The third-order valence-electron chi connectivity index (χ3n) is 6.05. The van der Waals surface area contributed by atoms with Crippen molar-refractivity contribution in [2.45, 2.75) is 76.5 Å². The Hall–Kier alpha value is -2.22. The first-order valence-corrected chi connectivity index (χ1v) is 11.2. The molecule has 0 spiro atoms.